The van der Waals surface area contributed by atoms with Crippen molar-refractivity contribution in [3.63, 3.8) is 0 Å². The molecule has 0 fully saturated rings. The second-order valence-electron chi connectivity index (χ2n) is 5.88. The molecule has 5 nitrogen and oxygen atoms in total. The standard InChI is InChI=1S/C18H22N4OS2/c1-4-22-13(2)10-16(14(22)3)17(23)11-25-18-20-19-12-21(18)8-7-15-6-5-9-24-15/h5-6,9-10,12H,4,7-8,11H2,1-3H3. The van der Waals surface area contributed by atoms with Gasteiger partial charge in [0.2, 0.25) is 0 Å². The first-order valence-corrected chi connectivity index (χ1v) is 10.2. The summed E-state index contributed by atoms with van der Waals surface area (Å²) >= 11 is 3.22. The molecule has 0 aromatic carbocycles. The van der Waals surface area contributed by atoms with Crippen LogP contribution in [0, 0.1) is 13.8 Å². The number of thioether (sulfide) groups is 1. The molecule has 3 heterocycles. The smallest absolute Gasteiger partial charge is 0.191 e. The molecule has 25 heavy (non-hydrogen) atoms. The zero-order valence-electron chi connectivity index (χ0n) is 14.7. The largest absolute Gasteiger partial charge is 0.349 e. The molecule has 0 N–H and O–H groups in total. The Hall–Kier alpha value is -1.86. The summed E-state index contributed by atoms with van der Waals surface area (Å²) in [5, 5.41) is 11.1. The number of aromatic nitrogens is 4. The van der Waals surface area contributed by atoms with Crippen molar-refractivity contribution in [3.05, 3.63) is 51.7 Å². The Morgan fingerprint density at radius 3 is 2.88 bits per heavy atom. The van der Waals surface area contributed by atoms with Crippen LogP contribution in [0.5, 0.6) is 0 Å². The fraction of sp³-hybridized carbons (Fsp3) is 0.389. The number of nitrogens with zero attached hydrogens (tertiary/aromatic N) is 4. The molecule has 0 spiro atoms. The van der Waals surface area contributed by atoms with E-state index in [-0.39, 0.29) is 5.78 Å². The summed E-state index contributed by atoms with van der Waals surface area (Å²) in [6.07, 6.45) is 2.69. The Labute approximate surface area is 156 Å². The van der Waals surface area contributed by atoms with Gasteiger partial charge >= 0.3 is 0 Å². The molecule has 0 saturated heterocycles. The second-order valence-corrected chi connectivity index (χ2v) is 7.85. The predicted octanol–water partition coefficient (Wildman–Crippen LogP) is 4.00. The third-order valence-corrected chi connectivity index (χ3v) is 6.20. The minimum Gasteiger partial charge on any atom is -0.349 e. The molecule has 0 bridgehead atoms. The van der Waals surface area contributed by atoms with Gasteiger partial charge in [0.25, 0.3) is 0 Å². The lowest BCUT2D eigenvalue weighted by molar-refractivity contribution is 0.102. The Bertz CT molecular complexity index is 849. The van der Waals surface area contributed by atoms with E-state index in [2.05, 4.69) is 39.2 Å². The second kappa shape index (κ2) is 8.01. The molecule has 0 radical (unpaired) electrons. The van der Waals surface area contributed by atoms with Gasteiger partial charge in [0.1, 0.15) is 6.33 Å². The molecule has 0 amide bonds. The first kappa shape index (κ1) is 17.9. The molecule has 3 rings (SSSR count). The van der Waals surface area contributed by atoms with Crippen molar-refractivity contribution >= 4 is 28.9 Å². The van der Waals surface area contributed by atoms with Gasteiger partial charge < -0.3 is 9.13 Å². The van der Waals surface area contributed by atoms with Crippen molar-refractivity contribution < 1.29 is 4.79 Å². The van der Waals surface area contributed by atoms with E-state index in [0.29, 0.717) is 5.75 Å². The van der Waals surface area contributed by atoms with Crippen molar-refractivity contribution in [1.82, 2.24) is 19.3 Å². The maximum atomic E-state index is 12.6. The van der Waals surface area contributed by atoms with E-state index < -0.39 is 0 Å². The van der Waals surface area contributed by atoms with Crippen LogP contribution in [0.15, 0.2) is 35.1 Å². The molecule has 7 heteroatoms. The van der Waals surface area contributed by atoms with Gasteiger partial charge in [-0.25, -0.2) is 0 Å². The Kier molecular flexibility index (Phi) is 5.75. The van der Waals surface area contributed by atoms with Crippen molar-refractivity contribution in [3.8, 4) is 0 Å². The van der Waals surface area contributed by atoms with Gasteiger partial charge in [-0.05, 0) is 44.7 Å². The summed E-state index contributed by atoms with van der Waals surface area (Å²) in [5.74, 6) is 0.525. The van der Waals surface area contributed by atoms with Gasteiger partial charge in [0.05, 0.1) is 5.75 Å². The van der Waals surface area contributed by atoms with Crippen molar-refractivity contribution in [2.45, 2.75) is 45.4 Å². The molecule has 0 aliphatic carbocycles. The van der Waals surface area contributed by atoms with Crippen molar-refractivity contribution in [2.75, 3.05) is 5.75 Å². The van der Waals surface area contributed by atoms with E-state index >= 15 is 0 Å². The molecule has 0 atom stereocenters. The maximum absolute atomic E-state index is 12.6. The molecular formula is C18H22N4OS2. The summed E-state index contributed by atoms with van der Waals surface area (Å²) in [5.41, 5.74) is 2.99. The maximum Gasteiger partial charge on any atom is 0.191 e. The number of carbonyl (C=O) groups is 1. The molecule has 0 unspecified atom stereocenters. The normalized spacial score (nSPS) is 11.2. The predicted molar refractivity (Wildman–Crippen MR) is 103 cm³/mol. The van der Waals surface area contributed by atoms with Gasteiger partial charge in [0, 0.05) is 34.9 Å². The van der Waals surface area contributed by atoms with Gasteiger partial charge in [0.15, 0.2) is 10.9 Å². The Morgan fingerprint density at radius 2 is 2.20 bits per heavy atom. The molecule has 0 saturated carbocycles. The molecule has 0 aliphatic rings. The lowest BCUT2D eigenvalue weighted by atomic mass is 10.2. The van der Waals surface area contributed by atoms with Crippen LogP contribution in [0.2, 0.25) is 0 Å². The quantitative estimate of drug-likeness (QED) is 0.442. The van der Waals surface area contributed by atoms with Crippen molar-refractivity contribution in [1.29, 1.82) is 0 Å². The highest BCUT2D eigenvalue weighted by atomic mass is 32.2. The SMILES string of the molecule is CCn1c(C)cc(C(=O)CSc2nncn2CCc2cccs2)c1C. The first-order chi connectivity index (χ1) is 12.1. The highest BCUT2D eigenvalue weighted by Gasteiger charge is 2.16. The molecule has 132 valence electrons. The van der Waals surface area contributed by atoms with Crippen LogP contribution >= 0.6 is 23.1 Å². The van der Waals surface area contributed by atoms with Crippen LogP contribution in [-0.4, -0.2) is 30.9 Å². The summed E-state index contributed by atoms with van der Waals surface area (Å²) in [4.78, 5) is 13.9. The van der Waals surface area contributed by atoms with E-state index in [1.807, 2.05) is 24.5 Å². The highest BCUT2D eigenvalue weighted by molar-refractivity contribution is 7.99. The lowest BCUT2D eigenvalue weighted by Crippen LogP contribution is -2.07. The van der Waals surface area contributed by atoms with E-state index in [1.54, 1.807) is 17.7 Å². The lowest BCUT2D eigenvalue weighted by Gasteiger charge is -2.06. The Balaban J connectivity index is 1.62. The number of hydrogen-bond donors (Lipinski definition) is 0. The number of aryl methyl sites for hydroxylation is 3. The van der Waals surface area contributed by atoms with Crippen LogP contribution in [0.4, 0.5) is 0 Å². The fourth-order valence-corrected chi connectivity index (χ4v) is 4.50. The van der Waals surface area contributed by atoms with Gasteiger partial charge in [-0.15, -0.1) is 21.5 Å². The highest BCUT2D eigenvalue weighted by Crippen LogP contribution is 2.21. The summed E-state index contributed by atoms with van der Waals surface area (Å²) in [7, 11) is 0. The fourth-order valence-electron chi connectivity index (χ4n) is 2.97. The van der Waals surface area contributed by atoms with Gasteiger partial charge in [-0.3, -0.25) is 4.79 Å². The van der Waals surface area contributed by atoms with Crippen LogP contribution in [0.25, 0.3) is 0 Å². The minimum atomic E-state index is 0.144. The Morgan fingerprint density at radius 1 is 1.36 bits per heavy atom. The third kappa shape index (κ3) is 4.04. The van der Waals surface area contributed by atoms with Crippen LogP contribution in [0.3, 0.4) is 0 Å². The summed E-state index contributed by atoms with van der Waals surface area (Å²) in [6, 6.07) is 6.19. The molecule has 3 aromatic heterocycles. The van der Waals surface area contributed by atoms with Crippen LogP contribution in [0.1, 0.15) is 33.5 Å². The average Bonchev–Trinajstić information content (AvgIpc) is 3.31. The minimum absolute atomic E-state index is 0.144. The topological polar surface area (TPSA) is 52.7 Å². The summed E-state index contributed by atoms with van der Waals surface area (Å²) in [6.45, 7) is 7.86. The molecule has 0 aliphatic heterocycles. The van der Waals surface area contributed by atoms with Gasteiger partial charge in [-0.2, -0.15) is 0 Å². The number of thiophene rings is 1. The van der Waals surface area contributed by atoms with E-state index in [1.165, 1.54) is 16.6 Å². The van der Waals surface area contributed by atoms with Crippen LogP contribution in [-0.2, 0) is 19.5 Å². The summed E-state index contributed by atoms with van der Waals surface area (Å²) < 4.78 is 4.19. The van der Waals surface area contributed by atoms with E-state index in [0.717, 1.165) is 41.6 Å². The van der Waals surface area contributed by atoms with Crippen molar-refractivity contribution in [2.24, 2.45) is 0 Å². The van der Waals surface area contributed by atoms with Gasteiger partial charge in [-0.1, -0.05) is 17.8 Å². The van der Waals surface area contributed by atoms with E-state index in [4.69, 9.17) is 0 Å². The third-order valence-electron chi connectivity index (χ3n) is 4.28. The average molecular weight is 375 g/mol. The number of rotatable bonds is 8. The number of Topliss-reactive ketones (excluding diaryl/α,β-unsaturated/α-hetero) is 1. The first-order valence-electron chi connectivity index (χ1n) is 8.33. The number of hydrogen-bond acceptors (Lipinski definition) is 5. The zero-order chi connectivity index (χ0) is 17.8. The van der Waals surface area contributed by atoms with Crippen LogP contribution < -0.4 is 0 Å². The number of ketones is 1. The van der Waals surface area contributed by atoms with E-state index in [9.17, 15) is 4.79 Å². The zero-order valence-corrected chi connectivity index (χ0v) is 16.4. The number of carbonyl (C=O) groups excluding carboxylic acids is 1. The molecule has 3 aromatic rings. The molecular weight excluding hydrogens is 352 g/mol. The monoisotopic (exact) mass is 374 g/mol.